The van der Waals surface area contributed by atoms with Gasteiger partial charge in [0.1, 0.15) is 0 Å². The van der Waals surface area contributed by atoms with Crippen LogP contribution in [0.15, 0.2) is 48.5 Å². The summed E-state index contributed by atoms with van der Waals surface area (Å²) in [4.78, 5) is 2.31. The number of anilines is 1. The van der Waals surface area contributed by atoms with E-state index in [9.17, 15) is 0 Å². The first-order valence-corrected chi connectivity index (χ1v) is 7.70. The van der Waals surface area contributed by atoms with E-state index >= 15 is 0 Å². The normalized spacial score (nSPS) is 12.2. The van der Waals surface area contributed by atoms with Gasteiger partial charge < -0.3 is 10.6 Å². The highest BCUT2D eigenvalue weighted by Crippen LogP contribution is 2.24. The Hall–Kier alpha value is -1.80. The summed E-state index contributed by atoms with van der Waals surface area (Å²) in [5.74, 6) is 0. The molecule has 0 radical (unpaired) electrons. The monoisotopic (exact) mass is 282 g/mol. The zero-order chi connectivity index (χ0) is 15.2. The predicted molar refractivity (Wildman–Crippen MR) is 91.7 cm³/mol. The lowest BCUT2D eigenvalue weighted by Gasteiger charge is -2.24. The van der Waals surface area contributed by atoms with Gasteiger partial charge in [-0.2, -0.15) is 0 Å². The number of hydrogen-bond donors (Lipinski definition) is 1. The third-order valence-corrected chi connectivity index (χ3v) is 3.92. The van der Waals surface area contributed by atoms with Crippen molar-refractivity contribution in [3.8, 4) is 0 Å². The zero-order valence-electron chi connectivity index (χ0n) is 13.3. The van der Waals surface area contributed by atoms with E-state index in [0.29, 0.717) is 0 Å². The van der Waals surface area contributed by atoms with Gasteiger partial charge in [0, 0.05) is 25.3 Å². The zero-order valence-corrected chi connectivity index (χ0v) is 13.3. The number of nitrogens with zero attached hydrogens (tertiary/aromatic N) is 1. The molecule has 1 atom stereocenters. The number of nitrogens with two attached hydrogens (primary N) is 1. The molecule has 2 aromatic rings. The van der Waals surface area contributed by atoms with Crippen LogP contribution in [0.4, 0.5) is 5.69 Å². The first-order chi connectivity index (χ1) is 10.1. The molecule has 112 valence electrons. The summed E-state index contributed by atoms with van der Waals surface area (Å²) in [5, 5.41) is 0. The third-order valence-electron chi connectivity index (χ3n) is 3.92. The van der Waals surface area contributed by atoms with Gasteiger partial charge in [0.2, 0.25) is 0 Å². The number of hydrogen-bond acceptors (Lipinski definition) is 2. The van der Waals surface area contributed by atoms with Crippen LogP contribution in [0.2, 0.25) is 0 Å². The summed E-state index contributed by atoms with van der Waals surface area (Å²) in [5.41, 5.74) is 11.4. The van der Waals surface area contributed by atoms with Crippen molar-refractivity contribution in [3.05, 3.63) is 65.2 Å². The van der Waals surface area contributed by atoms with E-state index in [1.807, 2.05) is 0 Å². The average Bonchev–Trinajstić information content (AvgIpc) is 2.48. The molecule has 1 unspecified atom stereocenters. The maximum absolute atomic E-state index is 6.16. The molecule has 0 aliphatic carbocycles. The highest BCUT2D eigenvalue weighted by molar-refractivity contribution is 5.55. The van der Waals surface area contributed by atoms with Crippen molar-refractivity contribution < 1.29 is 0 Å². The van der Waals surface area contributed by atoms with Crippen LogP contribution in [0.1, 0.15) is 30.0 Å². The highest BCUT2D eigenvalue weighted by Gasteiger charge is 2.11. The molecule has 0 saturated heterocycles. The van der Waals surface area contributed by atoms with Gasteiger partial charge in [-0.3, -0.25) is 0 Å². The molecule has 0 aliphatic rings. The minimum atomic E-state index is 0.232. The van der Waals surface area contributed by atoms with Gasteiger partial charge in [-0.25, -0.2) is 0 Å². The fourth-order valence-electron chi connectivity index (χ4n) is 2.62. The standard InChI is InChI=1S/C19H26N2/c1-4-18(20)13-17-12-15(2)10-11-19(17)21(3)14-16-8-6-5-7-9-16/h5-12,18H,4,13-14,20H2,1-3H3. The second kappa shape index (κ2) is 7.28. The Morgan fingerprint density at radius 1 is 1.10 bits per heavy atom. The molecule has 21 heavy (non-hydrogen) atoms. The second-order valence-electron chi connectivity index (χ2n) is 5.85. The Morgan fingerprint density at radius 2 is 1.81 bits per heavy atom. The van der Waals surface area contributed by atoms with Gasteiger partial charge in [-0.15, -0.1) is 0 Å². The van der Waals surface area contributed by atoms with Crippen LogP contribution < -0.4 is 10.6 Å². The molecule has 0 saturated carbocycles. The van der Waals surface area contributed by atoms with Gasteiger partial charge in [0.25, 0.3) is 0 Å². The van der Waals surface area contributed by atoms with Crippen molar-refractivity contribution >= 4 is 5.69 Å². The van der Waals surface area contributed by atoms with Crippen molar-refractivity contribution in [3.63, 3.8) is 0 Å². The van der Waals surface area contributed by atoms with Crippen LogP contribution in [0.3, 0.4) is 0 Å². The Balaban J connectivity index is 2.21. The van der Waals surface area contributed by atoms with E-state index in [-0.39, 0.29) is 6.04 Å². The first kappa shape index (κ1) is 15.6. The summed E-state index contributed by atoms with van der Waals surface area (Å²) in [6.07, 6.45) is 1.95. The Morgan fingerprint density at radius 3 is 2.48 bits per heavy atom. The second-order valence-corrected chi connectivity index (χ2v) is 5.85. The average molecular weight is 282 g/mol. The van der Waals surface area contributed by atoms with Gasteiger partial charge in [-0.1, -0.05) is 55.0 Å². The van der Waals surface area contributed by atoms with Crippen LogP contribution in [-0.4, -0.2) is 13.1 Å². The van der Waals surface area contributed by atoms with Crippen molar-refractivity contribution in [1.29, 1.82) is 0 Å². The molecule has 2 N–H and O–H groups in total. The summed E-state index contributed by atoms with van der Waals surface area (Å²) in [6, 6.07) is 17.5. The van der Waals surface area contributed by atoms with Crippen LogP contribution in [0, 0.1) is 6.92 Å². The fourth-order valence-corrected chi connectivity index (χ4v) is 2.62. The van der Waals surface area contributed by atoms with E-state index in [4.69, 9.17) is 5.73 Å². The molecule has 0 aromatic heterocycles. The lowest BCUT2D eigenvalue weighted by atomic mass is 10.00. The molecule has 0 bridgehead atoms. The van der Waals surface area contributed by atoms with E-state index in [0.717, 1.165) is 19.4 Å². The molecule has 0 fully saturated rings. The van der Waals surface area contributed by atoms with Crippen LogP contribution in [-0.2, 0) is 13.0 Å². The van der Waals surface area contributed by atoms with E-state index in [2.05, 4.69) is 74.3 Å². The Labute approximate surface area is 128 Å². The quantitative estimate of drug-likeness (QED) is 0.870. The molecular formula is C19H26N2. The lowest BCUT2D eigenvalue weighted by molar-refractivity contribution is 0.645. The van der Waals surface area contributed by atoms with Gasteiger partial charge in [-0.05, 0) is 37.0 Å². The van der Waals surface area contributed by atoms with E-state index < -0.39 is 0 Å². The molecule has 2 nitrogen and oxygen atoms in total. The minimum absolute atomic E-state index is 0.232. The summed E-state index contributed by atoms with van der Waals surface area (Å²) < 4.78 is 0. The number of rotatable bonds is 6. The maximum Gasteiger partial charge on any atom is 0.0426 e. The third kappa shape index (κ3) is 4.33. The topological polar surface area (TPSA) is 29.3 Å². The van der Waals surface area contributed by atoms with Crippen molar-refractivity contribution in [2.75, 3.05) is 11.9 Å². The molecule has 0 aliphatic heterocycles. The molecule has 2 rings (SSSR count). The highest BCUT2D eigenvalue weighted by atomic mass is 15.1. The predicted octanol–water partition coefficient (Wildman–Crippen LogP) is 3.91. The molecule has 0 spiro atoms. The van der Waals surface area contributed by atoms with Crippen molar-refractivity contribution in [1.82, 2.24) is 0 Å². The van der Waals surface area contributed by atoms with Crippen LogP contribution in [0.5, 0.6) is 0 Å². The SMILES string of the molecule is CCC(N)Cc1cc(C)ccc1N(C)Cc1ccccc1. The minimum Gasteiger partial charge on any atom is -0.370 e. The van der Waals surface area contributed by atoms with Crippen LogP contribution in [0.25, 0.3) is 0 Å². The Kier molecular flexibility index (Phi) is 5.40. The van der Waals surface area contributed by atoms with Gasteiger partial charge in [0.05, 0.1) is 0 Å². The van der Waals surface area contributed by atoms with Gasteiger partial charge in [0.15, 0.2) is 0 Å². The summed E-state index contributed by atoms with van der Waals surface area (Å²) in [6.45, 7) is 5.20. The maximum atomic E-state index is 6.16. The molecule has 0 amide bonds. The van der Waals surface area contributed by atoms with E-state index in [1.165, 1.54) is 22.4 Å². The number of aryl methyl sites for hydroxylation is 1. The van der Waals surface area contributed by atoms with Crippen molar-refractivity contribution in [2.24, 2.45) is 5.73 Å². The Bertz CT molecular complexity index is 563. The molecule has 0 heterocycles. The smallest absolute Gasteiger partial charge is 0.0426 e. The number of benzene rings is 2. The molecular weight excluding hydrogens is 256 g/mol. The first-order valence-electron chi connectivity index (χ1n) is 7.70. The molecule has 2 heteroatoms. The van der Waals surface area contributed by atoms with Gasteiger partial charge >= 0.3 is 0 Å². The summed E-state index contributed by atoms with van der Waals surface area (Å²) >= 11 is 0. The van der Waals surface area contributed by atoms with Crippen LogP contribution >= 0.6 is 0 Å². The molecule has 2 aromatic carbocycles. The lowest BCUT2D eigenvalue weighted by Crippen LogP contribution is -2.24. The summed E-state index contributed by atoms with van der Waals surface area (Å²) in [7, 11) is 2.15. The van der Waals surface area contributed by atoms with E-state index in [1.54, 1.807) is 0 Å². The van der Waals surface area contributed by atoms with Crippen molar-refractivity contribution in [2.45, 2.75) is 39.3 Å². The largest absolute Gasteiger partial charge is 0.370 e. The fraction of sp³-hybridized carbons (Fsp3) is 0.368.